The van der Waals surface area contributed by atoms with Crippen LogP contribution >= 0.6 is 11.6 Å². The Hall–Kier alpha value is -3.90. The lowest BCUT2D eigenvalue weighted by molar-refractivity contribution is -0.134. The normalized spacial score (nSPS) is 17.6. The molecule has 3 aromatic carbocycles. The molecule has 1 aliphatic heterocycles. The maximum atomic E-state index is 13.7. The fourth-order valence-electron chi connectivity index (χ4n) is 5.33. The highest BCUT2D eigenvalue weighted by Gasteiger charge is 2.37. The third kappa shape index (κ3) is 3.53. The molecule has 7 heteroatoms. The van der Waals surface area contributed by atoms with Crippen molar-refractivity contribution in [1.29, 1.82) is 0 Å². The smallest absolute Gasteiger partial charge is 0.244 e. The molecule has 0 radical (unpaired) electrons. The van der Waals surface area contributed by atoms with Gasteiger partial charge < -0.3 is 9.88 Å². The Morgan fingerprint density at radius 2 is 1.74 bits per heavy atom. The number of carbonyl (C=O) groups is 1. The minimum atomic E-state index is -0.158. The van der Waals surface area contributed by atoms with Crippen molar-refractivity contribution < 1.29 is 4.79 Å². The van der Waals surface area contributed by atoms with Crippen molar-refractivity contribution in [2.45, 2.75) is 25.4 Å². The van der Waals surface area contributed by atoms with Crippen LogP contribution in [-0.4, -0.2) is 32.1 Å². The molecule has 0 saturated heterocycles. The van der Waals surface area contributed by atoms with Gasteiger partial charge in [0.1, 0.15) is 6.54 Å². The second-order valence-electron chi connectivity index (χ2n) is 8.98. The van der Waals surface area contributed by atoms with Crippen LogP contribution in [0.25, 0.3) is 21.8 Å². The third-order valence-corrected chi connectivity index (χ3v) is 7.38. The van der Waals surface area contributed by atoms with Gasteiger partial charge in [-0.1, -0.05) is 60.1 Å². The Balaban J connectivity index is 1.44. The van der Waals surface area contributed by atoms with Crippen molar-refractivity contribution >= 4 is 39.3 Å². The van der Waals surface area contributed by atoms with Gasteiger partial charge in [0.05, 0.1) is 17.8 Å². The van der Waals surface area contributed by atoms with E-state index in [0.717, 1.165) is 22.2 Å². The summed E-state index contributed by atoms with van der Waals surface area (Å²) in [4.78, 5) is 31.4. The Labute approximate surface area is 206 Å². The quantitative estimate of drug-likeness (QED) is 0.381. The molecule has 174 valence electrons. The number of fused-ring (bicyclic) bond motifs is 4. The van der Waals surface area contributed by atoms with Crippen molar-refractivity contribution in [1.82, 2.24) is 19.7 Å². The van der Waals surface area contributed by atoms with Gasteiger partial charge in [-0.05, 0) is 42.3 Å². The molecule has 1 N–H and O–H groups in total. The molecular weight excluding hydrogens is 460 g/mol. The zero-order valence-electron chi connectivity index (χ0n) is 19.1. The van der Waals surface area contributed by atoms with Crippen molar-refractivity contribution in [3.63, 3.8) is 0 Å². The molecule has 0 saturated carbocycles. The zero-order valence-corrected chi connectivity index (χ0v) is 19.9. The van der Waals surface area contributed by atoms with Crippen LogP contribution in [0.1, 0.15) is 35.7 Å². The molecule has 2 unspecified atom stereocenters. The van der Waals surface area contributed by atoms with E-state index < -0.39 is 0 Å². The van der Waals surface area contributed by atoms with E-state index in [2.05, 4.69) is 22.2 Å². The highest BCUT2D eigenvalue weighted by molar-refractivity contribution is 6.31. The number of hydrogen-bond donors (Lipinski definition) is 1. The lowest BCUT2D eigenvalue weighted by Gasteiger charge is -2.39. The standard InChI is InChI=1S/C28H23ClN4O2/c1-17-28-27(19-9-3-6-12-23(19)31-28)21(18-8-2-5-11-22(18)29)15-32(17)26(35)16-33-24-13-7-4-10-20(24)25(34)14-30-33/h2-14,17,21,31H,15-16H2,1H3. The molecule has 1 aliphatic rings. The number of aromatic amines is 1. The Morgan fingerprint density at radius 1 is 1.03 bits per heavy atom. The van der Waals surface area contributed by atoms with Gasteiger partial charge in [0, 0.05) is 39.5 Å². The maximum absolute atomic E-state index is 13.7. The van der Waals surface area contributed by atoms with Gasteiger partial charge in [0.2, 0.25) is 11.3 Å². The molecule has 0 fully saturated rings. The van der Waals surface area contributed by atoms with E-state index in [1.807, 2.05) is 66.4 Å². The molecule has 6 nitrogen and oxygen atoms in total. The Morgan fingerprint density at radius 3 is 2.57 bits per heavy atom. The van der Waals surface area contributed by atoms with Crippen molar-refractivity contribution in [3.05, 3.63) is 111 Å². The summed E-state index contributed by atoms with van der Waals surface area (Å²) < 4.78 is 1.61. The number of H-pyrrole nitrogens is 1. The molecule has 35 heavy (non-hydrogen) atoms. The van der Waals surface area contributed by atoms with E-state index in [-0.39, 0.29) is 29.8 Å². The third-order valence-electron chi connectivity index (χ3n) is 7.04. The summed E-state index contributed by atoms with van der Waals surface area (Å²) in [6, 6.07) is 23.1. The molecule has 6 rings (SSSR count). The number of nitrogens with one attached hydrogen (secondary N) is 1. The number of carbonyl (C=O) groups excluding carboxylic acids is 1. The number of nitrogens with zero attached hydrogens (tertiary/aromatic N) is 3. The van der Waals surface area contributed by atoms with Crippen LogP contribution in [0, 0.1) is 0 Å². The summed E-state index contributed by atoms with van der Waals surface area (Å²) in [6.45, 7) is 2.58. The van der Waals surface area contributed by atoms with E-state index in [1.54, 1.807) is 10.7 Å². The highest BCUT2D eigenvalue weighted by Crippen LogP contribution is 2.44. The summed E-state index contributed by atoms with van der Waals surface area (Å²) in [6.07, 6.45) is 1.28. The minimum Gasteiger partial charge on any atom is -0.356 e. The number of amides is 1. The van der Waals surface area contributed by atoms with Crippen LogP contribution in [0.3, 0.4) is 0 Å². The van der Waals surface area contributed by atoms with E-state index in [0.29, 0.717) is 22.5 Å². The molecule has 3 heterocycles. The SMILES string of the molecule is CC1c2[nH]c3ccccc3c2C(c2ccccc2Cl)CN1C(=O)Cn1ncc(=O)c2ccccc21. The summed E-state index contributed by atoms with van der Waals surface area (Å²) >= 11 is 6.66. The lowest BCUT2D eigenvalue weighted by atomic mass is 9.83. The zero-order chi connectivity index (χ0) is 24.1. The second-order valence-corrected chi connectivity index (χ2v) is 9.38. The van der Waals surface area contributed by atoms with Crippen LogP contribution in [0.2, 0.25) is 5.02 Å². The van der Waals surface area contributed by atoms with Gasteiger partial charge >= 0.3 is 0 Å². The van der Waals surface area contributed by atoms with E-state index in [1.165, 1.54) is 11.8 Å². The van der Waals surface area contributed by atoms with E-state index >= 15 is 0 Å². The largest absolute Gasteiger partial charge is 0.356 e. The summed E-state index contributed by atoms with van der Waals surface area (Å²) in [5.74, 6) is -0.145. The number of para-hydroxylation sites is 2. The second kappa shape index (κ2) is 8.40. The first-order valence-electron chi connectivity index (χ1n) is 11.6. The highest BCUT2D eigenvalue weighted by atomic mass is 35.5. The number of hydrogen-bond acceptors (Lipinski definition) is 3. The van der Waals surface area contributed by atoms with Gasteiger partial charge in [-0.25, -0.2) is 0 Å². The molecule has 1 amide bonds. The van der Waals surface area contributed by atoms with Gasteiger partial charge in [0.15, 0.2) is 0 Å². The number of halogens is 1. The van der Waals surface area contributed by atoms with Gasteiger partial charge in [-0.15, -0.1) is 0 Å². The van der Waals surface area contributed by atoms with Crippen LogP contribution in [0.5, 0.6) is 0 Å². The number of aromatic nitrogens is 3. The monoisotopic (exact) mass is 482 g/mol. The molecule has 0 spiro atoms. The van der Waals surface area contributed by atoms with Crippen molar-refractivity contribution in [2.24, 2.45) is 0 Å². The summed E-state index contributed by atoms with van der Waals surface area (Å²) in [7, 11) is 0. The van der Waals surface area contributed by atoms with Crippen molar-refractivity contribution in [2.75, 3.05) is 6.54 Å². The molecule has 2 aromatic heterocycles. The predicted molar refractivity (Wildman–Crippen MR) is 138 cm³/mol. The summed E-state index contributed by atoms with van der Waals surface area (Å²) in [5.41, 5.74) is 4.75. The number of benzene rings is 3. The average molecular weight is 483 g/mol. The fourth-order valence-corrected chi connectivity index (χ4v) is 5.59. The van der Waals surface area contributed by atoms with Crippen molar-refractivity contribution in [3.8, 4) is 0 Å². The average Bonchev–Trinajstić information content (AvgIpc) is 3.27. The number of rotatable bonds is 3. The van der Waals surface area contributed by atoms with Crippen LogP contribution in [0.4, 0.5) is 0 Å². The molecule has 0 aliphatic carbocycles. The first kappa shape index (κ1) is 21.6. The van der Waals surface area contributed by atoms with E-state index in [4.69, 9.17) is 11.6 Å². The molecule has 0 bridgehead atoms. The predicted octanol–water partition coefficient (Wildman–Crippen LogP) is 5.27. The van der Waals surface area contributed by atoms with Crippen LogP contribution in [-0.2, 0) is 11.3 Å². The first-order valence-corrected chi connectivity index (χ1v) is 12.0. The summed E-state index contributed by atoms with van der Waals surface area (Å²) in [5, 5.41) is 6.65. The van der Waals surface area contributed by atoms with Crippen LogP contribution < -0.4 is 5.43 Å². The molecule has 5 aromatic rings. The molecular formula is C28H23ClN4O2. The Bertz CT molecular complexity index is 1650. The fraction of sp³-hybridized carbons (Fsp3) is 0.179. The van der Waals surface area contributed by atoms with Crippen LogP contribution in [0.15, 0.2) is 83.8 Å². The van der Waals surface area contributed by atoms with E-state index in [9.17, 15) is 9.59 Å². The topological polar surface area (TPSA) is 71.0 Å². The lowest BCUT2D eigenvalue weighted by Crippen LogP contribution is -2.43. The first-order chi connectivity index (χ1) is 17.0. The maximum Gasteiger partial charge on any atom is 0.244 e. The van der Waals surface area contributed by atoms with Gasteiger partial charge in [-0.3, -0.25) is 14.3 Å². The Kier molecular flexibility index (Phi) is 5.19. The molecule has 2 atom stereocenters. The van der Waals surface area contributed by atoms with Gasteiger partial charge in [0.25, 0.3) is 0 Å². The minimum absolute atomic E-state index is 0.0376. The van der Waals surface area contributed by atoms with Gasteiger partial charge in [-0.2, -0.15) is 5.10 Å².